The van der Waals surface area contributed by atoms with Crippen LogP contribution in [0.4, 0.5) is 0 Å². The van der Waals surface area contributed by atoms with Crippen LogP contribution in [0.5, 0.6) is 0 Å². The summed E-state index contributed by atoms with van der Waals surface area (Å²) < 4.78 is 4.23. The van der Waals surface area contributed by atoms with E-state index in [2.05, 4.69) is 73.8 Å². The molecule has 0 amide bonds. The Morgan fingerprint density at radius 2 is 1.80 bits per heavy atom. The monoisotopic (exact) mass is 349 g/mol. The topological polar surface area (TPSA) is 48.0 Å². The van der Waals surface area contributed by atoms with Gasteiger partial charge < -0.3 is 8.97 Å². The molecule has 0 unspecified atom stereocenters. The number of imidazole rings is 1. The lowest BCUT2D eigenvalue weighted by atomic mass is 10.2. The molecule has 0 saturated heterocycles. The normalized spacial score (nSPS) is 11.3. The highest BCUT2D eigenvalue weighted by Crippen LogP contribution is 2.23. The van der Waals surface area contributed by atoms with Gasteiger partial charge in [0.25, 0.3) is 0 Å². The second kappa shape index (κ2) is 6.72. The average Bonchev–Trinajstić information content (AvgIpc) is 3.17. The largest absolute Gasteiger partial charge is 0.307 e. The van der Waals surface area contributed by atoms with Crippen molar-refractivity contribution >= 4 is 17.4 Å². The Kier molecular flexibility index (Phi) is 4.28. The Balaban J connectivity index is 1.52. The first kappa shape index (κ1) is 15.9. The zero-order chi connectivity index (χ0) is 17.2. The van der Waals surface area contributed by atoms with E-state index in [1.54, 1.807) is 11.8 Å². The highest BCUT2D eigenvalue weighted by atomic mass is 32.2. The molecule has 3 heterocycles. The lowest BCUT2D eigenvalue weighted by molar-refractivity contribution is 0.688. The first-order valence-electron chi connectivity index (χ1n) is 8.20. The van der Waals surface area contributed by atoms with Gasteiger partial charge in [0.05, 0.1) is 12.2 Å². The van der Waals surface area contributed by atoms with Crippen LogP contribution in [0.15, 0.2) is 60.0 Å². The van der Waals surface area contributed by atoms with Gasteiger partial charge in [0.2, 0.25) is 0 Å². The molecule has 126 valence electrons. The summed E-state index contributed by atoms with van der Waals surface area (Å²) in [5, 5.41) is 9.51. The third kappa shape index (κ3) is 3.44. The van der Waals surface area contributed by atoms with E-state index in [9.17, 15) is 0 Å². The summed E-state index contributed by atoms with van der Waals surface area (Å²) >= 11 is 1.67. The van der Waals surface area contributed by atoms with Crippen LogP contribution in [0.3, 0.4) is 0 Å². The molecule has 0 atom stereocenters. The third-order valence-electron chi connectivity index (χ3n) is 4.08. The molecule has 0 radical (unpaired) electrons. The van der Waals surface area contributed by atoms with E-state index in [4.69, 9.17) is 0 Å². The fourth-order valence-corrected chi connectivity index (χ4v) is 3.65. The standard InChI is InChI=1S/C19H19N5S/c1-14-8-9-18-20-17(12-23(18)10-14)13-25-19-22-21-15(2)24(19)11-16-6-4-3-5-7-16/h3-10,12H,11,13H2,1-2H3. The Labute approximate surface area is 150 Å². The van der Waals surface area contributed by atoms with E-state index in [1.165, 1.54) is 11.1 Å². The van der Waals surface area contributed by atoms with Crippen molar-refractivity contribution in [3.63, 3.8) is 0 Å². The van der Waals surface area contributed by atoms with Gasteiger partial charge in [-0.05, 0) is 31.0 Å². The summed E-state index contributed by atoms with van der Waals surface area (Å²) in [7, 11) is 0. The van der Waals surface area contributed by atoms with Crippen molar-refractivity contribution in [3.05, 3.63) is 77.5 Å². The minimum Gasteiger partial charge on any atom is -0.307 e. The number of rotatable bonds is 5. The third-order valence-corrected chi connectivity index (χ3v) is 5.08. The quantitative estimate of drug-likeness (QED) is 0.513. The summed E-state index contributed by atoms with van der Waals surface area (Å²) in [5.74, 6) is 1.70. The lowest BCUT2D eigenvalue weighted by Gasteiger charge is -2.07. The Bertz CT molecular complexity index is 1000. The first-order chi connectivity index (χ1) is 12.2. The van der Waals surface area contributed by atoms with Gasteiger partial charge in [0, 0.05) is 18.1 Å². The van der Waals surface area contributed by atoms with Crippen molar-refractivity contribution in [2.45, 2.75) is 31.3 Å². The van der Waals surface area contributed by atoms with Gasteiger partial charge in [-0.1, -0.05) is 48.2 Å². The van der Waals surface area contributed by atoms with Crippen LogP contribution in [0.25, 0.3) is 5.65 Å². The predicted molar refractivity (Wildman–Crippen MR) is 99.8 cm³/mol. The van der Waals surface area contributed by atoms with E-state index in [1.807, 2.05) is 19.1 Å². The summed E-state index contributed by atoms with van der Waals surface area (Å²) in [4.78, 5) is 4.67. The molecule has 0 spiro atoms. The summed E-state index contributed by atoms with van der Waals surface area (Å²) in [6, 6.07) is 14.5. The molecule has 0 N–H and O–H groups in total. The molecule has 4 rings (SSSR count). The smallest absolute Gasteiger partial charge is 0.191 e. The van der Waals surface area contributed by atoms with Crippen LogP contribution >= 0.6 is 11.8 Å². The number of fused-ring (bicyclic) bond motifs is 1. The lowest BCUT2D eigenvalue weighted by Crippen LogP contribution is -2.03. The second-order valence-corrected chi connectivity index (χ2v) is 7.04. The molecule has 0 saturated carbocycles. The molecule has 3 aromatic heterocycles. The zero-order valence-electron chi connectivity index (χ0n) is 14.3. The second-order valence-electron chi connectivity index (χ2n) is 6.09. The van der Waals surface area contributed by atoms with Crippen molar-refractivity contribution in [2.24, 2.45) is 0 Å². The molecular formula is C19H19N5S. The van der Waals surface area contributed by atoms with Gasteiger partial charge in [0.1, 0.15) is 11.5 Å². The van der Waals surface area contributed by atoms with Gasteiger partial charge in [-0.3, -0.25) is 0 Å². The number of aryl methyl sites for hydroxylation is 2. The fourth-order valence-electron chi connectivity index (χ4n) is 2.78. The van der Waals surface area contributed by atoms with Gasteiger partial charge in [-0.15, -0.1) is 10.2 Å². The summed E-state index contributed by atoms with van der Waals surface area (Å²) in [5.41, 5.74) is 4.49. The molecule has 4 aromatic rings. The van der Waals surface area contributed by atoms with Gasteiger partial charge in [-0.2, -0.15) is 0 Å². The molecule has 6 heteroatoms. The Hall–Kier alpha value is -2.60. The maximum atomic E-state index is 4.67. The number of aromatic nitrogens is 5. The Morgan fingerprint density at radius 3 is 2.64 bits per heavy atom. The highest BCUT2D eigenvalue weighted by molar-refractivity contribution is 7.98. The van der Waals surface area contributed by atoms with Crippen molar-refractivity contribution in [3.8, 4) is 0 Å². The number of nitrogens with zero attached hydrogens (tertiary/aromatic N) is 5. The van der Waals surface area contributed by atoms with Crippen molar-refractivity contribution in [1.29, 1.82) is 0 Å². The van der Waals surface area contributed by atoms with E-state index >= 15 is 0 Å². The number of hydrogen-bond donors (Lipinski definition) is 0. The van der Waals surface area contributed by atoms with Crippen molar-refractivity contribution < 1.29 is 0 Å². The van der Waals surface area contributed by atoms with Crippen LogP contribution in [-0.4, -0.2) is 24.1 Å². The minimum absolute atomic E-state index is 0.771. The molecule has 0 fully saturated rings. The number of hydrogen-bond acceptors (Lipinski definition) is 4. The van der Waals surface area contributed by atoms with E-state index in [0.717, 1.165) is 34.6 Å². The number of pyridine rings is 1. The number of benzene rings is 1. The number of thioether (sulfide) groups is 1. The van der Waals surface area contributed by atoms with Crippen LogP contribution < -0.4 is 0 Å². The molecule has 1 aromatic carbocycles. The maximum Gasteiger partial charge on any atom is 0.191 e. The van der Waals surface area contributed by atoms with E-state index < -0.39 is 0 Å². The van der Waals surface area contributed by atoms with Gasteiger partial charge in [0.15, 0.2) is 5.16 Å². The first-order valence-corrected chi connectivity index (χ1v) is 9.18. The van der Waals surface area contributed by atoms with E-state index in [0.29, 0.717) is 0 Å². The molecule has 0 aliphatic heterocycles. The average molecular weight is 349 g/mol. The summed E-state index contributed by atoms with van der Waals surface area (Å²) in [6.45, 7) is 4.86. The van der Waals surface area contributed by atoms with Crippen molar-refractivity contribution in [1.82, 2.24) is 24.1 Å². The summed E-state index contributed by atoms with van der Waals surface area (Å²) in [6.07, 6.45) is 4.18. The molecule has 0 aliphatic carbocycles. The van der Waals surface area contributed by atoms with Gasteiger partial charge >= 0.3 is 0 Å². The van der Waals surface area contributed by atoms with Crippen molar-refractivity contribution in [2.75, 3.05) is 0 Å². The fraction of sp³-hybridized carbons (Fsp3) is 0.211. The minimum atomic E-state index is 0.771. The van der Waals surface area contributed by atoms with E-state index in [-0.39, 0.29) is 0 Å². The van der Waals surface area contributed by atoms with Crippen LogP contribution in [0.2, 0.25) is 0 Å². The maximum absolute atomic E-state index is 4.67. The molecule has 5 nitrogen and oxygen atoms in total. The van der Waals surface area contributed by atoms with Crippen LogP contribution in [0, 0.1) is 13.8 Å². The van der Waals surface area contributed by atoms with Crippen LogP contribution in [-0.2, 0) is 12.3 Å². The SMILES string of the molecule is Cc1ccc2nc(CSc3nnc(C)n3Cc3ccccc3)cn2c1. The van der Waals surface area contributed by atoms with Crippen LogP contribution in [0.1, 0.15) is 22.6 Å². The highest BCUT2D eigenvalue weighted by Gasteiger charge is 2.11. The molecular weight excluding hydrogens is 330 g/mol. The van der Waals surface area contributed by atoms with Gasteiger partial charge in [-0.25, -0.2) is 4.98 Å². The Morgan fingerprint density at radius 1 is 0.960 bits per heavy atom. The predicted octanol–water partition coefficient (Wildman–Crippen LogP) is 3.88. The molecule has 25 heavy (non-hydrogen) atoms. The molecule has 0 bridgehead atoms. The molecule has 0 aliphatic rings. The zero-order valence-corrected chi connectivity index (χ0v) is 15.1.